The molecule has 2 rings (SSSR count). The minimum atomic E-state index is -4.64. The lowest BCUT2D eigenvalue weighted by atomic mass is 10.3. The van der Waals surface area contributed by atoms with E-state index in [9.17, 15) is 30.0 Å². The van der Waals surface area contributed by atoms with Gasteiger partial charge in [-0.15, -0.1) is 11.3 Å². The zero-order valence-corrected chi connectivity index (χ0v) is 13.4. The monoisotopic (exact) mass is 391 g/mol. The number of hydrogen-bond acceptors (Lipinski definition) is 6. The molecule has 0 amide bonds. The van der Waals surface area contributed by atoms with Gasteiger partial charge in [0.2, 0.25) is 9.84 Å². The fourth-order valence-corrected chi connectivity index (χ4v) is 5.21. The van der Waals surface area contributed by atoms with E-state index in [0.717, 1.165) is 12.1 Å². The van der Waals surface area contributed by atoms with Crippen molar-refractivity contribution in [1.29, 1.82) is 0 Å². The first-order chi connectivity index (χ1) is 9.92. The summed E-state index contributed by atoms with van der Waals surface area (Å²) in [6, 6.07) is 3.26. The molecule has 0 saturated carbocycles. The second-order valence-corrected chi connectivity index (χ2v) is 9.90. The minimum Gasteiger partial charge on any atom is -0.244 e. The fraction of sp³-hybridized carbons (Fsp3) is 0.100. The van der Waals surface area contributed by atoms with Crippen molar-refractivity contribution in [3.05, 3.63) is 36.0 Å². The van der Waals surface area contributed by atoms with Crippen LogP contribution in [0.1, 0.15) is 5.56 Å². The van der Waals surface area contributed by atoms with Gasteiger partial charge in [-0.25, -0.2) is 21.8 Å². The third kappa shape index (κ3) is 3.42. The Balaban J connectivity index is 2.45. The largest absolute Gasteiger partial charge is 0.417 e. The molecule has 0 fully saturated rings. The SMILES string of the molecule is O=S(=O)(Cl)c1ccc(S(=O)(=O)c2ccc(C(F)(F)F)cn2)s1. The maximum absolute atomic E-state index is 12.4. The minimum absolute atomic E-state index is 0.381. The third-order valence-corrected chi connectivity index (χ3v) is 7.74. The zero-order valence-electron chi connectivity index (χ0n) is 10.2. The lowest BCUT2D eigenvalue weighted by Gasteiger charge is -2.06. The van der Waals surface area contributed by atoms with Gasteiger partial charge in [0.1, 0.15) is 8.42 Å². The van der Waals surface area contributed by atoms with E-state index in [1.165, 1.54) is 0 Å². The molecular weight excluding hydrogens is 387 g/mol. The summed E-state index contributed by atoms with van der Waals surface area (Å²) in [4.78, 5) is 3.28. The van der Waals surface area contributed by atoms with Crippen molar-refractivity contribution in [1.82, 2.24) is 4.98 Å². The predicted octanol–water partition coefficient (Wildman–Crippen LogP) is 2.92. The van der Waals surface area contributed by atoms with E-state index in [0.29, 0.717) is 29.7 Å². The van der Waals surface area contributed by atoms with Crippen LogP contribution in [0, 0.1) is 0 Å². The molecule has 2 aromatic heterocycles. The Bertz CT molecular complexity index is 902. The van der Waals surface area contributed by atoms with Crippen LogP contribution in [0.4, 0.5) is 13.2 Å². The molecule has 0 aromatic carbocycles. The number of halogens is 4. The number of sulfone groups is 1. The van der Waals surface area contributed by atoms with Gasteiger partial charge in [0, 0.05) is 16.9 Å². The molecule has 2 aromatic rings. The molecule has 0 aliphatic rings. The van der Waals surface area contributed by atoms with E-state index in [1.807, 2.05) is 0 Å². The molecule has 0 aliphatic heterocycles. The van der Waals surface area contributed by atoms with Crippen LogP contribution in [0.3, 0.4) is 0 Å². The average Bonchev–Trinajstić information content (AvgIpc) is 2.88. The van der Waals surface area contributed by atoms with Crippen LogP contribution in [0.15, 0.2) is 43.9 Å². The van der Waals surface area contributed by atoms with Crippen molar-refractivity contribution in [3.63, 3.8) is 0 Å². The number of nitrogens with zero attached hydrogens (tertiary/aromatic N) is 1. The first-order valence-electron chi connectivity index (χ1n) is 5.25. The van der Waals surface area contributed by atoms with Gasteiger partial charge in [-0.1, -0.05) is 0 Å². The van der Waals surface area contributed by atoms with Gasteiger partial charge in [0.05, 0.1) is 5.56 Å². The highest BCUT2D eigenvalue weighted by molar-refractivity contribution is 8.15. The summed E-state index contributed by atoms with van der Waals surface area (Å²) in [6.07, 6.45) is -4.25. The number of hydrogen-bond donors (Lipinski definition) is 0. The Morgan fingerprint density at radius 1 is 1.00 bits per heavy atom. The molecule has 12 heteroatoms. The second-order valence-electron chi connectivity index (χ2n) is 3.90. The summed E-state index contributed by atoms with van der Waals surface area (Å²) in [6.45, 7) is 0. The molecule has 0 aliphatic carbocycles. The molecule has 0 N–H and O–H groups in total. The number of thiophene rings is 1. The smallest absolute Gasteiger partial charge is 0.244 e. The van der Waals surface area contributed by atoms with Crippen molar-refractivity contribution >= 4 is 40.9 Å². The van der Waals surface area contributed by atoms with E-state index in [-0.39, 0.29) is 8.42 Å². The van der Waals surface area contributed by atoms with Crippen molar-refractivity contribution < 1.29 is 30.0 Å². The maximum Gasteiger partial charge on any atom is 0.417 e. The fourth-order valence-electron chi connectivity index (χ4n) is 1.39. The van der Waals surface area contributed by atoms with Gasteiger partial charge in [0.15, 0.2) is 5.03 Å². The van der Waals surface area contributed by atoms with Gasteiger partial charge in [-0.2, -0.15) is 13.2 Å². The van der Waals surface area contributed by atoms with Crippen molar-refractivity contribution in [2.45, 2.75) is 19.6 Å². The van der Waals surface area contributed by atoms with Crippen molar-refractivity contribution in [2.24, 2.45) is 0 Å². The Kier molecular flexibility index (Phi) is 4.28. The first kappa shape index (κ1) is 17.2. The number of aromatic nitrogens is 1. The van der Waals surface area contributed by atoms with E-state index < -0.39 is 35.7 Å². The summed E-state index contributed by atoms with van der Waals surface area (Å²) < 4.78 is 83.0. The Morgan fingerprint density at radius 2 is 1.59 bits per heavy atom. The van der Waals surface area contributed by atoms with E-state index in [4.69, 9.17) is 10.7 Å². The van der Waals surface area contributed by atoms with Gasteiger partial charge in [-0.3, -0.25) is 0 Å². The van der Waals surface area contributed by atoms with Crippen LogP contribution < -0.4 is 0 Å². The van der Waals surface area contributed by atoms with Crippen LogP contribution in [-0.2, 0) is 25.1 Å². The molecule has 0 unspecified atom stereocenters. The zero-order chi connectivity index (χ0) is 16.8. The molecule has 22 heavy (non-hydrogen) atoms. The summed E-state index contributed by atoms with van der Waals surface area (Å²) in [5.41, 5.74) is -1.10. The first-order valence-corrected chi connectivity index (χ1v) is 9.86. The van der Waals surface area contributed by atoms with Crippen LogP contribution in [0.5, 0.6) is 0 Å². The van der Waals surface area contributed by atoms with E-state index >= 15 is 0 Å². The second kappa shape index (κ2) is 5.48. The molecule has 5 nitrogen and oxygen atoms in total. The summed E-state index contributed by atoms with van der Waals surface area (Å²) in [5.74, 6) is 0. The number of alkyl halides is 3. The lowest BCUT2D eigenvalue weighted by Crippen LogP contribution is -2.08. The quantitative estimate of drug-likeness (QED) is 0.751. The Hall–Kier alpha value is -1.17. The van der Waals surface area contributed by atoms with Gasteiger partial charge >= 0.3 is 6.18 Å². The standard InChI is InChI=1S/C10H5ClF3NO4S3/c11-22(18,19)9-4-3-8(20-9)21(16,17)7-2-1-6(5-15-7)10(12,13)14/h1-5H. The van der Waals surface area contributed by atoms with Crippen LogP contribution >= 0.6 is 22.0 Å². The summed E-state index contributed by atoms with van der Waals surface area (Å²) in [7, 11) is -3.23. The highest BCUT2D eigenvalue weighted by atomic mass is 35.7. The number of pyridine rings is 1. The van der Waals surface area contributed by atoms with Crippen LogP contribution in [0.25, 0.3) is 0 Å². The van der Waals surface area contributed by atoms with Crippen molar-refractivity contribution in [2.75, 3.05) is 0 Å². The molecule has 120 valence electrons. The van der Waals surface area contributed by atoms with Gasteiger partial charge in [-0.05, 0) is 24.3 Å². The lowest BCUT2D eigenvalue weighted by molar-refractivity contribution is -0.137. The molecule has 0 bridgehead atoms. The van der Waals surface area contributed by atoms with E-state index in [2.05, 4.69) is 4.98 Å². The Labute approximate surface area is 131 Å². The maximum atomic E-state index is 12.4. The highest BCUT2D eigenvalue weighted by Gasteiger charge is 2.32. The molecule has 0 atom stereocenters. The molecule has 0 spiro atoms. The van der Waals surface area contributed by atoms with Crippen LogP contribution in [-0.4, -0.2) is 21.8 Å². The van der Waals surface area contributed by atoms with Crippen LogP contribution in [0.2, 0.25) is 0 Å². The van der Waals surface area contributed by atoms with E-state index in [1.54, 1.807) is 0 Å². The molecule has 0 radical (unpaired) electrons. The molecular formula is C10H5ClF3NO4S3. The topological polar surface area (TPSA) is 81.2 Å². The average molecular weight is 392 g/mol. The molecule has 2 heterocycles. The van der Waals surface area contributed by atoms with Gasteiger partial charge < -0.3 is 0 Å². The summed E-state index contributed by atoms with van der Waals surface area (Å²) in [5, 5.41) is -0.624. The normalized spacial score (nSPS) is 13.3. The highest BCUT2D eigenvalue weighted by Crippen LogP contribution is 2.33. The third-order valence-electron chi connectivity index (χ3n) is 2.40. The Morgan fingerprint density at radius 3 is 2.00 bits per heavy atom. The molecule has 0 saturated heterocycles. The van der Waals surface area contributed by atoms with Crippen molar-refractivity contribution in [3.8, 4) is 0 Å². The summed E-state index contributed by atoms with van der Waals surface area (Å²) >= 11 is 0.381. The number of rotatable bonds is 3. The van der Waals surface area contributed by atoms with Gasteiger partial charge in [0.25, 0.3) is 9.05 Å². The predicted molar refractivity (Wildman–Crippen MR) is 72.0 cm³/mol.